The van der Waals surface area contributed by atoms with E-state index >= 15 is 0 Å². The lowest BCUT2D eigenvalue weighted by Crippen LogP contribution is -2.07. The van der Waals surface area contributed by atoms with Crippen molar-refractivity contribution in [1.82, 2.24) is 0 Å². The van der Waals surface area contributed by atoms with Gasteiger partial charge in [-0.25, -0.2) is 0 Å². The van der Waals surface area contributed by atoms with Gasteiger partial charge in [0.2, 0.25) is 0 Å². The highest BCUT2D eigenvalue weighted by Crippen LogP contribution is 2.24. The Balaban J connectivity index is 2.89. The van der Waals surface area contributed by atoms with Crippen molar-refractivity contribution >= 4 is 11.5 Å². The summed E-state index contributed by atoms with van der Waals surface area (Å²) < 4.78 is 10.2. The van der Waals surface area contributed by atoms with Crippen molar-refractivity contribution < 1.29 is 14.3 Å². The molecule has 5 nitrogen and oxygen atoms in total. The molecule has 0 spiro atoms. The molecule has 0 unspecified atom stereocenters. The Morgan fingerprint density at radius 2 is 2.12 bits per heavy atom. The molecule has 0 bridgehead atoms. The van der Waals surface area contributed by atoms with Gasteiger partial charge in [-0.1, -0.05) is 0 Å². The summed E-state index contributed by atoms with van der Waals surface area (Å²) in [6.07, 6.45) is 0. The molecule has 1 aromatic rings. The highest BCUT2D eigenvalue weighted by atomic mass is 16.5. The number of Topliss-reactive ketones (excluding diaryl/α,β-unsaturated/α-hetero) is 1. The maximum Gasteiger partial charge on any atom is 0.163 e. The van der Waals surface area contributed by atoms with Gasteiger partial charge in [0.05, 0.1) is 12.2 Å². The van der Waals surface area contributed by atoms with Crippen molar-refractivity contribution in [2.75, 3.05) is 20.3 Å². The van der Waals surface area contributed by atoms with Gasteiger partial charge in [-0.3, -0.25) is 4.79 Å². The zero-order valence-corrected chi connectivity index (χ0v) is 9.23. The number of benzene rings is 1. The van der Waals surface area contributed by atoms with E-state index in [1.165, 1.54) is 19.1 Å². The zero-order chi connectivity index (χ0) is 12.0. The number of ether oxygens (including phenoxy) is 2. The van der Waals surface area contributed by atoms with Crippen molar-refractivity contribution in [3.63, 3.8) is 0 Å². The summed E-state index contributed by atoms with van der Waals surface area (Å²) in [5.41, 5.74) is 0.567. The van der Waals surface area contributed by atoms with Gasteiger partial charge in [0.1, 0.15) is 18.0 Å². The highest BCUT2D eigenvalue weighted by molar-refractivity contribution is 5.97. The van der Waals surface area contributed by atoms with E-state index in [-0.39, 0.29) is 11.5 Å². The number of ketones is 1. The van der Waals surface area contributed by atoms with Gasteiger partial charge in [0.25, 0.3) is 0 Å². The second-order valence-electron chi connectivity index (χ2n) is 3.17. The van der Waals surface area contributed by atoms with Gasteiger partial charge in [0, 0.05) is 7.11 Å². The van der Waals surface area contributed by atoms with Gasteiger partial charge in [0.15, 0.2) is 5.78 Å². The average molecular weight is 223 g/mol. The molecule has 0 aliphatic rings. The van der Waals surface area contributed by atoms with Gasteiger partial charge in [-0.15, -0.1) is 4.91 Å². The summed E-state index contributed by atoms with van der Waals surface area (Å²) in [6.45, 7) is 2.20. The number of carbonyl (C=O) groups is 1. The van der Waals surface area contributed by atoms with E-state index < -0.39 is 0 Å². The Hall–Kier alpha value is -1.75. The number of nitrogens with zero attached hydrogens (tertiary/aromatic N) is 1. The molecule has 0 saturated heterocycles. The lowest BCUT2D eigenvalue weighted by atomic mass is 10.1. The third-order valence-corrected chi connectivity index (χ3v) is 1.99. The van der Waals surface area contributed by atoms with Crippen LogP contribution in [0.5, 0.6) is 5.75 Å². The first-order chi connectivity index (χ1) is 7.69. The molecule has 5 heteroatoms. The zero-order valence-electron chi connectivity index (χ0n) is 9.23. The van der Waals surface area contributed by atoms with Crippen LogP contribution in [-0.2, 0) is 4.74 Å². The first-order valence-electron chi connectivity index (χ1n) is 4.79. The van der Waals surface area contributed by atoms with Crippen LogP contribution in [0.2, 0.25) is 0 Å². The minimum Gasteiger partial charge on any atom is -0.490 e. The van der Waals surface area contributed by atoms with Crippen LogP contribution in [0, 0.1) is 4.91 Å². The number of rotatable bonds is 6. The molecule has 0 heterocycles. The van der Waals surface area contributed by atoms with Crippen molar-refractivity contribution in [3.05, 3.63) is 28.7 Å². The summed E-state index contributed by atoms with van der Waals surface area (Å²) in [7, 11) is 1.56. The van der Waals surface area contributed by atoms with Gasteiger partial charge >= 0.3 is 0 Å². The van der Waals surface area contributed by atoms with E-state index in [1.807, 2.05) is 0 Å². The summed E-state index contributed by atoms with van der Waals surface area (Å²) in [6, 6.07) is 4.47. The van der Waals surface area contributed by atoms with E-state index in [0.717, 1.165) is 0 Å². The van der Waals surface area contributed by atoms with E-state index in [2.05, 4.69) is 5.18 Å². The largest absolute Gasteiger partial charge is 0.490 e. The molecule has 0 N–H and O–H groups in total. The molecule has 0 aromatic heterocycles. The van der Waals surface area contributed by atoms with Crippen molar-refractivity contribution in [1.29, 1.82) is 0 Å². The quantitative estimate of drug-likeness (QED) is 0.421. The Kier molecular flexibility index (Phi) is 4.60. The number of hydrogen-bond acceptors (Lipinski definition) is 5. The van der Waals surface area contributed by atoms with E-state index in [0.29, 0.717) is 24.5 Å². The number of methoxy groups -OCH3 is 1. The minimum atomic E-state index is -0.169. The molecule has 16 heavy (non-hydrogen) atoms. The smallest absolute Gasteiger partial charge is 0.163 e. The monoisotopic (exact) mass is 223 g/mol. The molecular weight excluding hydrogens is 210 g/mol. The lowest BCUT2D eigenvalue weighted by Gasteiger charge is -2.09. The van der Waals surface area contributed by atoms with Crippen LogP contribution in [0.15, 0.2) is 23.4 Å². The summed E-state index contributed by atoms with van der Waals surface area (Å²) in [4.78, 5) is 21.6. The third-order valence-electron chi connectivity index (χ3n) is 1.99. The van der Waals surface area contributed by atoms with E-state index in [4.69, 9.17) is 9.47 Å². The number of carbonyl (C=O) groups excluding carboxylic acids is 1. The molecule has 0 atom stereocenters. The Morgan fingerprint density at radius 3 is 2.69 bits per heavy atom. The van der Waals surface area contributed by atoms with Gasteiger partial charge in [-0.2, -0.15) is 0 Å². The highest BCUT2D eigenvalue weighted by Gasteiger charge is 2.09. The van der Waals surface area contributed by atoms with Crippen LogP contribution >= 0.6 is 0 Å². The second-order valence-corrected chi connectivity index (χ2v) is 3.17. The molecule has 0 aliphatic heterocycles. The van der Waals surface area contributed by atoms with E-state index in [1.54, 1.807) is 13.2 Å². The fourth-order valence-corrected chi connectivity index (χ4v) is 1.21. The molecule has 0 radical (unpaired) electrons. The number of hydrogen-bond donors (Lipinski definition) is 0. The Labute approximate surface area is 93.3 Å². The molecule has 1 rings (SSSR count). The maximum absolute atomic E-state index is 11.3. The Morgan fingerprint density at radius 1 is 1.38 bits per heavy atom. The van der Waals surface area contributed by atoms with Gasteiger partial charge in [-0.05, 0) is 30.3 Å². The first kappa shape index (κ1) is 12.3. The number of nitroso groups, excluding NO2 is 1. The van der Waals surface area contributed by atoms with Crippen LogP contribution in [0.3, 0.4) is 0 Å². The van der Waals surface area contributed by atoms with Crippen LogP contribution in [0.1, 0.15) is 17.3 Å². The van der Waals surface area contributed by atoms with Crippen LogP contribution < -0.4 is 4.74 Å². The second kappa shape index (κ2) is 5.97. The van der Waals surface area contributed by atoms with Crippen molar-refractivity contribution in [3.8, 4) is 5.75 Å². The fourth-order valence-electron chi connectivity index (χ4n) is 1.21. The molecular formula is C11H13NO4. The van der Waals surface area contributed by atoms with Crippen molar-refractivity contribution in [2.24, 2.45) is 5.18 Å². The maximum atomic E-state index is 11.3. The third kappa shape index (κ3) is 3.13. The first-order valence-corrected chi connectivity index (χ1v) is 4.79. The SMILES string of the molecule is COCCOc1ccc(N=O)cc1C(C)=O. The van der Waals surface area contributed by atoms with E-state index in [9.17, 15) is 9.70 Å². The fraction of sp³-hybridized carbons (Fsp3) is 0.364. The van der Waals surface area contributed by atoms with Gasteiger partial charge < -0.3 is 9.47 Å². The topological polar surface area (TPSA) is 65.0 Å². The molecule has 0 aliphatic carbocycles. The normalized spacial score (nSPS) is 9.88. The molecule has 0 saturated carbocycles. The molecule has 0 amide bonds. The lowest BCUT2D eigenvalue weighted by molar-refractivity contribution is 0.100. The van der Waals surface area contributed by atoms with Crippen LogP contribution in [0.4, 0.5) is 5.69 Å². The average Bonchev–Trinajstić information content (AvgIpc) is 2.29. The molecule has 86 valence electrons. The predicted molar refractivity (Wildman–Crippen MR) is 59.3 cm³/mol. The Bertz CT molecular complexity index is 390. The molecule has 0 fully saturated rings. The molecule has 1 aromatic carbocycles. The summed E-state index contributed by atoms with van der Waals surface area (Å²) in [5.74, 6) is 0.273. The summed E-state index contributed by atoms with van der Waals surface area (Å²) in [5, 5.41) is 2.77. The standard InChI is InChI=1S/C11H13NO4/c1-8(13)10-7-9(12-14)3-4-11(10)16-6-5-15-2/h3-4,7H,5-6H2,1-2H3. The van der Waals surface area contributed by atoms with Crippen molar-refractivity contribution in [2.45, 2.75) is 6.92 Å². The summed E-state index contributed by atoms with van der Waals surface area (Å²) >= 11 is 0. The minimum absolute atomic E-state index is 0.169. The predicted octanol–water partition coefficient (Wildman–Crippen LogP) is 2.31. The van der Waals surface area contributed by atoms with Crippen LogP contribution in [0.25, 0.3) is 0 Å². The van der Waals surface area contributed by atoms with Crippen LogP contribution in [-0.4, -0.2) is 26.1 Å².